The monoisotopic (exact) mass is 454 g/mol. The van der Waals surface area contributed by atoms with E-state index < -0.39 is 13.0 Å². The molecule has 1 fully saturated rings. The number of imidazole rings is 1. The van der Waals surface area contributed by atoms with E-state index >= 15 is 0 Å². The number of fused-ring (bicyclic) bond motifs is 1. The maximum absolute atomic E-state index is 12.5. The fraction of sp³-hybridized carbons (Fsp3) is 0.450. The summed E-state index contributed by atoms with van der Waals surface area (Å²) < 4.78 is 38.0. The normalized spacial score (nSPS) is 16.2. The second-order valence-corrected chi connectivity index (χ2v) is 9.10. The molecule has 4 heterocycles. The van der Waals surface area contributed by atoms with Crippen molar-refractivity contribution in [1.82, 2.24) is 19.5 Å². The van der Waals surface area contributed by atoms with Crippen molar-refractivity contribution >= 4 is 34.5 Å². The number of hydrogen-bond donors (Lipinski definition) is 0. The van der Waals surface area contributed by atoms with Crippen LogP contribution in [-0.4, -0.2) is 44.1 Å². The molecule has 3 aromatic rings. The van der Waals surface area contributed by atoms with Crippen LogP contribution in [0.2, 0.25) is 5.02 Å². The lowest BCUT2D eigenvalue weighted by atomic mass is 9.83. The molecule has 0 radical (unpaired) electrons. The molecule has 0 atom stereocenters. The van der Waals surface area contributed by atoms with Crippen LogP contribution in [0.15, 0.2) is 24.5 Å². The molecular weight excluding hydrogens is 434 g/mol. The Labute approximate surface area is 182 Å². The van der Waals surface area contributed by atoms with Gasteiger partial charge in [-0.2, -0.15) is 11.8 Å². The van der Waals surface area contributed by atoms with Gasteiger partial charge in [0.15, 0.2) is 11.4 Å². The van der Waals surface area contributed by atoms with E-state index in [9.17, 15) is 8.78 Å². The number of hydrogen-bond acceptors (Lipinski definition) is 6. The number of aromatic nitrogens is 4. The number of halogens is 3. The number of nitrogens with zero attached hydrogens (tertiary/aromatic N) is 4. The van der Waals surface area contributed by atoms with Crippen LogP contribution in [0.4, 0.5) is 8.78 Å². The second kappa shape index (κ2) is 8.55. The fourth-order valence-electron chi connectivity index (χ4n) is 3.54. The highest BCUT2D eigenvalue weighted by Crippen LogP contribution is 2.39. The SMILES string of the molecule is Cn1c(C2(C)CCSCC2)nc2ncc(Oc3ncc(Cl)cc3OCC(F)F)cc21. The van der Waals surface area contributed by atoms with Crippen molar-refractivity contribution in [2.45, 2.75) is 31.6 Å². The van der Waals surface area contributed by atoms with Crippen molar-refractivity contribution < 1.29 is 18.3 Å². The highest BCUT2D eigenvalue weighted by atomic mass is 35.5. The number of pyridine rings is 2. The first-order valence-electron chi connectivity index (χ1n) is 9.51. The van der Waals surface area contributed by atoms with E-state index in [1.165, 1.54) is 18.5 Å². The highest BCUT2D eigenvalue weighted by Gasteiger charge is 2.33. The summed E-state index contributed by atoms with van der Waals surface area (Å²) in [6.07, 6.45) is 2.41. The van der Waals surface area contributed by atoms with Gasteiger partial charge in [0.2, 0.25) is 0 Å². The largest absolute Gasteiger partial charge is 0.482 e. The number of thioether (sulfide) groups is 1. The second-order valence-electron chi connectivity index (χ2n) is 7.44. The molecule has 30 heavy (non-hydrogen) atoms. The third-order valence-corrected chi connectivity index (χ3v) is 6.41. The van der Waals surface area contributed by atoms with E-state index in [1.807, 2.05) is 24.9 Å². The van der Waals surface area contributed by atoms with E-state index in [4.69, 9.17) is 26.1 Å². The van der Waals surface area contributed by atoms with Gasteiger partial charge in [0.05, 0.1) is 16.7 Å². The van der Waals surface area contributed by atoms with Crippen molar-refractivity contribution in [1.29, 1.82) is 0 Å². The molecule has 0 spiro atoms. The Kier molecular flexibility index (Phi) is 6.02. The molecule has 1 aliphatic heterocycles. The smallest absolute Gasteiger partial charge is 0.272 e. The standard InChI is InChI=1S/C20H21ClF2N4O2S/c1-20(3-5-30-6-4-20)19-26-17-14(27(19)2)8-13(10-24-17)29-18-15(28-11-16(22)23)7-12(21)9-25-18/h7-10,16H,3-6,11H2,1-2H3. The minimum absolute atomic E-state index is 0.00966. The first kappa shape index (κ1) is 21.1. The summed E-state index contributed by atoms with van der Waals surface area (Å²) in [6, 6.07) is 3.20. The lowest BCUT2D eigenvalue weighted by Gasteiger charge is -2.32. The first-order chi connectivity index (χ1) is 14.4. The van der Waals surface area contributed by atoms with E-state index in [-0.39, 0.29) is 22.1 Å². The molecule has 3 aromatic heterocycles. The van der Waals surface area contributed by atoms with E-state index in [0.717, 1.165) is 35.7 Å². The number of alkyl halides is 2. The van der Waals surface area contributed by atoms with Crippen LogP contribution < -0.4 is 9.47 Å². The Balaban J connectivity index is 1.64. The Morgan fingerprint density at radius 3 is 2.73 bits per heavy atom. The molecule has 6 nitrogen and oxygen atoms in total. The molecule has 1 saturated heterocycles. The molecule has 0 unspecified atom stereocenters. The molecule has 1 aliphatic rings. The van der Waals surface area contributed by atoms with Gasteiger partial charge >= 0.3 is 0 Å². The summed E-state index contributed by atoms with van der Waals surface area (Å²) in [5.41, 5.74) is 1.47. The minimum Gasteiger partial charge on any atom is -0.482 e. The predicted octanol–water partition coefficient (Wildman–Crippen LogP) is 5.24. The van der Waals surface area contributed by atoms with E-state index in [1.54, 1.807) is 0 Å². The number of aryl methyl sites for hydroxylation is 1. The first-order valence-corrected chi connectivity index (χ1v) is 11.0. The zero-order chi connectivity index (χ0) is 21.3. The van der Waals surface area contributed by atoms with Crippen molar-refractivity contribution in [2.24, 2.45) is 7.05 Å². The maximum atomic E-state index is 12.5. The van der Waals surface area contributed by atoms with Gasteiger partial charge in [0, 0.05) is 30.8 Å². The minimum atomic E-state index is -2.62. The van der Waals surface area contributed by atoms with Gasteiger partial charge in [0.25, 0.3) is 12.3 Å². The molecule has 0 N–H and O–H groups in total. The highest BCUT2D eigenvalue weighted by molar-refractivity contribution is 7.99. The molecule has 4 rings (SSSR count). The van der Waals surface area contributed by atoms with Gasteiger partial charge in [-0.15, -0.1) is 0 Å². The molecule has 0 bridgehead atoms. The number of rotatable bonds is 6. The quantitative estimate of drug-likeness (QED) is 0.507. The van der Waals surface area contributed by atoms with Gasteiger partial charge in [-0.25, -0.2) is 23.7 Å². The molecule has 0 aromatic carbocycles. The van der Waals surface area contributed by atoms with Gasteiger partial charge in [-0.05, 0) is 24.3 Å². The van der Waals surface area contributed by atoms with Crippen LogP contribution in [0.1, 0.15) is 25.6 Å². The van der Waals surface area contributed by atoms with Crippen molar-refractivity contribution in [2.75, 3.05) is 18.1 Å². The zero-order valence-corrected chi connectivity index (χ0v) is 18.1. The average Bonchev–Trinajstić information content (AvgIpc) is 3.06. The predicted molar refractivity (Wildman–Crippen MR) is 113 cm³/mol. The summed E-state index contributed by atoms with van der Waals surface area (Å²) in [6.45, 7) is 1.47. The summed E-state index contributed by atoms with van der Waals surface area (Å²) in [7, 11) is 1.97. The third kappa shape index (κ3) is 4.32. The summed E-state index contributed by atoms with van der Waals surface area (Å²) in [5.74, 6) is 3.72. The Morgan fingerprint density at radius 1 is 1.23 bits per heavy atom. The van der Waals surface area contributed by atoms with E-state index in [0.29, 0.717) is 11.4 Å². The Hall–Kier alpha value is -2.13. The maximum Gasteiger partial charge on any atom is 0.272 e. The Bertz CT molecular complexity index is 1060. The Morgan fingerprint density at radius 2 is 2.00 bits per heavy atom. The molecule has 0 saturated carbocycles. The average molecular weight is 455 g/mol. The topological polar surface area (TPSA) is 62.1 Å². The lowest BCUT2D eigenvalue weighted by molar-refractivity contribution is 0.0804. The summed E-state index contributed by atoms with van der Waals surface area (Å²) >= 11 is 7.88. The molecule has 160 valence electrons. The van der Waals surface area contributed by atoms with Crippen LogP contribution in [0.25, 0.3) is 11.2 Å². The van der Waals surface area contributed by atoms with Gasteiger partial charge in [-0.3, -0.25) is 0 Å². The van der Waals surface area contributed by atoms with Gasteiger partial charge in [0.1, 0.15) is 18.2 Å². The molecule has 0 amide bonds. The molecule has 10 heteroatoms. The van der Waals surface area contributed by atoms with Crippen molar-refractivity contribution in [3.63, 3.8) is 0 Å². The van der Waals surface area contributed by atoms with Gasteiger partial charge in [-0.1, -0.05) is 18.5 Å². The van der Waals surface area contributed by atoms with Crippen LogP contribution in [0.5, 0.6) is 17.4 Å². The molecular formula is C20H21ClF2N4O2S. The van der Waals surface area contributed by atoms with E-state index in [2.05, 4.69) is 21.5 Å². The van der Waals surface area contributed by atoms with Gasteiger partial charge < -0.3 is 14.0 Å². The summed E-state index contributed by atoms with van der Waals surface area (Å²) in [5, 5.41) is 0.260. The zero-order valence-electron chi connectivity index (χ0n) is 16.6. The third-order valence-electron chi connectivity index (χ3n) is 5.21. The van der Waals surface area contributed by atoms with Crippen molar-refractivity contribution in [3.05, 3.63) is 35.4 Å². The molecule has 0 aliphatic carbocycles. The van der Waals surface area contributed by atoms with Crippen LogP contribution >= 0.6 is 23.4 Å². The van der Waals surface area contributed by atoms with Crippen LogP contribution in [-0.2, 0) is 12.5 Å². The van der Waals surface area contributed by atoms with Crippen LogP contribution in [0.3, 0.4) is 0 Å². The lowest BCUT2D eigenvalue weighted by Crippen LogP contribution is -2.30. The number of ether oxygens (including phenoxy) is 2. The summed E-state index contributed by atoms with van der Waals surface area (Å²) in [4.78, 5) is 13.3. The van der Waals surface area contributed by atoms with Crippen LogP contribution in [0, 0.1) is 0 Å². The fourth-order valence-corrected chi connectivity index (χ4v) is 5.09. The van der Waals surface area contributed by atoms with Crippen molar-refractivity contribution in [3.8, 4) is 17.4 Å².